The highest BCUT2D eigenvalue weighted by atomic mass is 35.5. The number of ether oxygens (including phenoxy) is 1. The summed E-state index contributed by atoms with van der Waals surface area (Å²) in [6.45, 7) is 1.07. The summed E-state index contributed by atoms with van der Waals surface area (Å²) < 4.78 is 9.66. The Morgan fingerprint density at radius 2 is 1.83 bits per heavy atom. The average molecular weight is 355 g/mol. The largest absolute Gasteiger partial charge is 0.383 e. The molecule has 0 aliphatic carbocycles. The Morgan fingerprint density at radius 3 is 2.52 bits per heavy atom. The Balaban J connectivity index is 1.92. The van der Waals surface area contributed by atoms with Crippen LogP contribution in [0.1, 0.15) is 0 Å². The maximum atomic E-state index is 6.02. The minimum absolute atomic E-state index is 0.296. The number of nitrogens with zero attached hydrogens (tertiary/aromatic N) is 4. The number of methoxy groups -OCH3 is 1. The topological polar surface area (TPSA) is 98.0 Å². The van der Waals surface area contributed by atoms with E-state index in [1.54, 1.807) is 25.3 Å². The second kappa shape index (κ2) is 6.95. The highest BCUT2D eigenvalue weighted by Gasteiger charge is 2.13. The van der Waals surface area contributed by atoms with E-state index in [1.165, 1.54) is 0 Å². The van der Waals surface area contributed by atoms with Crippen LogP contribution < -0.4 is 10.6 Å². The minimum atomic E-state index is 0.296. The van der Waals surface area contributed by atoms with Crippen LogP contribution in [0.3, 0.4) is 0 Å². The molecule has 2 aromatic heterocycles. The van der Waals surface area contributed by atoms with Gasteiger partial charge in [-0.15, -0.1) is 0 Å². The van der Waals surface area contributed by atoms with Crippen molar-refractivity contribution in [2.75, 3.05) is 30.9 Å². The predicted molar refractivity (Wildman–Crippen MR) is 87.5 cm³/mol. The zero-order valence-electron chi connectivity index (χ0n) is 12.0. The van der Waals surface area contributed by atoms with Crippen molar-refractivity contribution in [3.63, 3.8) is 0 Å². The van der Waals surface area contributed by atoms with Crippen LogP contribution in [0.25, 0.3) is 11.3 Å². The van der Waals surface area contributed by atoms with Gasteiger partial charge in [0.2, 0.25) is 11.3 Å². The quantitative estimate of drug-likeness (QED) is 0.651. The van der Waals surface area contributed by atoms with E-state index in [1.807, 2.05) is 0 Å². The van der Waals surface area contributed by atoms with Gasteiger partial charge in [0, 0.05) is 19.3 Å². The average Bonchev–Trinajstić information content (AvgIpc) is 2.98. The Morgan fingerprint density at radius 1 is 1.09 bits per heavy atom. The fourth-order valence-electron chi connectivity index (χ4n) is 1.83. The van der Waals surface area contributed by atoms with Gasteiger partial charge in [0.15, 0.2) is 11.6 Å². The molecule has 0 fully saturated rings. The highest BCUT2D eigenvalue weighted by Crippen LogP contribution is 2.28. The standard InChI is InChI=1S/C13H12Cl2N6O2/c1-22-5-4-16-10-11(19-13-12(18-10)20-23-21-13)17-7-2-3-8(14)9(15)6-7/h2-3,6H,4-5H2,1H3,(H,16,18,20)(H,17,19,21). The van der Waals surface area contributed by atoms with Gasteiger partial charge in [0.25, 0.3) is 0 Å². The molecule has 0 saturated carbocycles. The molecule has 0 aliphatic rings. The zero-order chi connectivity index (χ0) is 16.2. The van der Waals surface area contributed by atoms with Crippen molar-refractivity contribution in [3.8, 4) is 0 Å². The summed E-state index contributed by atoms with van der Waals surface area (Å²) in [5.74, 6) is 0.957. The maximum absolute atomic E-state index is 6.02. The summed E-state index contributed by atoms with van der Waals surface area (Å²) in [6.07, 6.45) is 0. The lowest BCUT2D eigenvalue weighted by Crippen LogP contribution is -2.11. The lowest BCUT2D eigenvalue weighted by Gasteiger charge is -2.11. The molecule has 0 spiro atoms. The lowest BCUT2D eigenvalue weighted by atomic mass is 10.3. The molecule has 0 bridgehead atoms. The predicted octanol–water partition coefficient (Wildman–Crippen LogP) is 3.12. The molecule has 8 nitrogen and oxygen atoms in total. The zero-order valence-corrected chi connectivity index (χ0v) is 13.5. The number of halogens is 2. The molecular formula is C13H12Cl2N6O2. The molecule has 1 aromatic carbocycles. The molecule has 2 heterocycles. The fourth-order valence-corrected chi connectivity index (χ4v) is 2.13. The molecule has 0 aliphatic heterocycles. The summed E-state index contributed by atoms with van der Waals surface area (Å²) in [5, 5.41) is 14.5. The Kier molecular flexibility index (Phi) is 4.75. The Hall–Kier alpha value is -2.16. The van der Waals surface area contributed by atoms with E-state index in [0.717, 1.165) is 0 Å². The van der Waals surface area contributed by atoms with E-state index in [2.05, 4.69) is 35.5 Å². The molecule has 0 radical (unpaired) electrons. The fraction of sp³-hybridized carbons (Fsp3) is 0.231. The van der Waals surface area contributed by atoms with Gasteiger partial charge in [-0.3, -0.25) is 0 Å². The molecule has 120 valence electrons. The van der Waals surface area contributed by atoms with Crippen molar-refractivity contribution in [2.45, 2.75) is 0 Å². The van der Waals surface area contributed by atoms with Gasteiger partial charge in [-0.2, -0.15) is 0 Å². The monoisotopic (exact) mass is 354 g/mol. The third kappa shape index (κ3) is 3.61. The van der Waals surface area contributed by atoms with Crippen molar-refractivity contribution in [1.82, 2.24) is 20.3 Å². The number of rotatable bonds is 6. The molecule has 2 N–H and O–H groups in total. The third-order valence-electron chi connectivity index (χ3n) is 2.90. The van der Waals surface area contributed by atoms with Crippen molar-refractivity contribution >= 4 is 51.8 Å². The summed E-state index contributed by atoms with van der Waals surface area (Å²) >= 11 is 11.9. The number of hydrogen-bond donors (Lipinski definition) is 2. The Labute approximate surface area is 141 Å². The molecule has 3 aromatic rings. The first kappa shape index (κ1) is 15.7. The molecule has 3 rings (SSSR count). The van der Waals surface area contributed by atoms with Crippen LogP contribution in [0.15, 0.2) is 22.8 Å². The van der Waals surface area contributed by atoms with Crippen LogP contribution in [0.4, 0.5) is 17.3 Å². The summed E-state index contributed by atoms with van der Waals surface area (Å²) in [4.78, 5) is 8.67. The van der Waals surface area contributed by atoms with Crippen LogP contribution >= 0.6 is 23.2 Å². The van der Waals surface area contributed by atoms with E-state index in [9.17, 15) is 0 Å². The van der Waals surface area contributed by atoms with Gasteiger partial charge in [-0.25, -0.2) is 14.6 Å². The molecule has 0 unspecified atom stereocenters. The molecule has 0 atom stereocenters. The van der Waals surface area contributed by atoms with Gasteiger partial charge in [0.1, 0.15) is 0 Å². The third-order valence-corrected chi connectivity index (χ3v) is 3.63. The van der Waals surface area contributed by atoms with Crippen molar-refractivity contribution < 1.29 is 9.37 Å². The molecular weight excluding hydrogens is 343 g/mol. The van der Waals surface area contributed by atoms with E-state index >= 15 is 0 Å². The van der Waals surface area contributed by atoms with Gasteiger partial charge >= 0.3 is 0 Å². The lowest BCUT2D eigenvalue weighted by molar-refractivity contribution is 0.210. The first-order valence-electron chi connectivity index (χ1n) is 6.62. The second-order valence-corrected chi connectivity index (χ2v) is 5.32. The smallest absolute Gasteiger partial charge is 0.245 e. The first-order valence-corrected chi connectivity index (χ1v) is 7.38. The van der Waals surface area contributed by atoms with Crippen LogP contribution in [0.2, 0.25) is 10.0 Å². The Bertz CT molecular complexity index is 825. The summed E-state index contributed by atoms with van der Waals surface area (Å²) in [6, 6.07) is 5.16. The number of anilines is 3. The SMILES string of the molecule is COCCNc1nc2nonc2nc1Nc1ccc(Cl)c(Cl)c1. The normalized spacial score (nSPS) is 10.9. The number of hydrogen-bond acceptors (Lipinski definition) is 8. The molecule has 23 heavy (non-hydrogen) atoms. The van der Waals surface area contributed by atoms with Crippen LogP contribution in [0, 0.1) is 0 Å². The van der Waals surface area contributed by atoms with Crippen molar-refractivity contribution in [3.05, 3.63) is 28.2 Å². The molecule has 0 amide bonds. The number of nitrogens with one attached hydrogen (secondary N) is 2. The number of benzene rings is 1. The number of fused-ring (bicyclic) bond motifs is 1. The van der Waals surface area contributed by atoms with Crippen molar-refractivity contribution in [2.24, 2.45) is 0 Å². The minimum Gasteiger partial charge on any atom is -0.383 e. The van der Waals surface area contributed by atoms with Gasteiger partial charge in [-0.05, 0) is 28.5 Å². The first-order chi connectivity index (χ1) is 11.2. The summed E-state index contributed by atoms with van der Waals surface area (Å²) in [7, 11) is 1.62. The van der Waals surface area contributed by atoms with E-state index in [0.29, 0.717) is 51.8 Å². The van der Waals surface area contributed by atoms with E-state index < -0.39 is 0 Å². The van der Waals surface area contributed by atoms with Gasteiger partial charge < -0.3 is 15.4 Å². The summed E-state index contributed by atoms with van der Waals surface area (Å²) in [5.41, 5.74) is 1.31. The van der Waals surface area contributed by atoms with E-state index in [4.69, 9.17) is 27.9 Å². The number of aromatic nitrogens is 4. The van der Waals surface area contributed by atoms with Crippen molar-refractivity contribution in [1.29, 1.82) is 0 Å². The highest BCUT2D eigenvalue weighted by molar-refractivity contribution is 6.42. The van der Waals surface area contributed by atoms with E-state index in [-0.39, 0.29) is 0 Å². The van der Waals surface area contributed by atoms with Gasteiger partial charge in [-0.1, -0.05) is 23.2 Å². The maximum Gasteiger partial charge on any atom is 0.245 e. The second-order valence-electron chi connectivity index (χ2n) is 4.51. The van der Waals surface area contributed by atoms with Crippen LogP contribution in [0.5, 0.6) is 0 Å². The van der Waals surface area contributed by atoms with Crippen LogP contribution in [-0.2, 0) is 4.74 Å². The van der Waals surface area contributed by atoms with Crippen LogP contribution in [-0.4, -0.2) is 40.5 Å². The molecule has 10 heteroatoms. The molecule has 0 saturated heterocycles. The van der Waals surface area contributed by atoms with Gasteiger partial charge in [0.05, 0.1) is 16.7 Å².